The molecule has 1 heterocycles. The Hall–Kier alpha value is -3.08. The molecule has 2 aromatic rings. The zero-order chi connectivity index (χ0) is 18.5. The number of hydrogen-bond acceptors (Lipinski definition) is 5. The number of Topliss-reactive ketones (excluding diaryl/α,β-unsaturated/α-hetero) is 1. The molecule has 0 saturated heterocycles. The Morgan fingerprint density at radius 1 is 1.08 bits per heavy atom. The van der Waals surface area contributed by atoms with Gasteiger partial charge in [0.15, 0.2) is 23.9 Å². The van der Waals surface area contributed by atoms with E-state index in [0.29, 0.717) is 23.0 Å². The van der Waals surface area contributed by atoms with Gasteiger partial charge in [0, 0.05) is 11.6 Å². The van der Waals surface area contributed by atoms with E-state index in [1.165, 1.54) is 6.08 Å². The molecule has 0 aromatic heterocycles. The van der Waals surface area contributed by atoms with E-state index < -0.39 is 5.97 Å². The highest BCUT2D eigenvalue weighted by molar-refractivity contribution is 5.98. The van der Waals surface area contributed by atoms with Gasteiger partial charge in [-0.05, 0) is 35.3 Å². The normalized spacial score (nSPS) is 12.6. The molecule has 0 spiro atoms. The van der Waals surface area contributed by atoms with Crippen molar-refractivity contribution in [1.82, 2.24) is 0 Å². The van der Waals surface area contributed by atoms with Crippen LogP contribution < -0.4 is 9.47 Å². The molecule has 0 saturated carbocycles. The summed E-state index contributed by atoms with van der Waals surface area (Å²) in [5.74, 6) is 0.914. The van der Waals surface area contributed by atoms with Crippen molar-refractivity contribution >= 4 is 17.8 Å². The van der Waals surface area contributed by atoms with Gasteiger partial charge in [-0.3, -0.25) is 4.79 Å². The second-order valence-electron chi connectivity index (χ2n) is 6.25. The van der Waals surface area contributed by atoms with Crippen LogP contribution in [0.2, 0.25) is 0 Å². The van der Waals surface area contributed by atoms with Crippen molar-refractivity contribution in [3.63, 3.8) is 0 Å². The predicted octanol–water partition coefficient (Wildman–Crippen LogP) is 3.98. The standard InChI is InChI=1S/C21H20O5/c1-14(2)16-5-7-17(8-6-16)18(22)12-24-21(23)10-4-15-3-9-19-20(11-15)26-13-25-19/h3-11,14H,12-13H2,1-2H3/b10-4+. The minimum Gasteiger partial charge on any atom is -0.454 e. The zero-order valence-electron chi connectivity index (χ0n) is 14.7. The lowest BCUT2D eigenvalue weighted by molar-refractivity contribution is -0.136. The quantitative estimate of drug-likeness (QED) is 0.447. The molecule has 2 aromatic carbocycles. The van der Waals surface area contributed by atoms with Gasteiger partial charge >= 0.3 is 5.97 Å². The Balaban J connectivity index is 1.52. The number of esters is 1. The van der Waals surface area contributed by atoms with Crippen molar-refractivity contribution < 1.29 is 23.8 Å². The molecule has 0 bridgehead atoms. The van der Waals surface area contributed by atoms with Crippen molar-refractivity contribution in [3.8, 4) is 11.5 Å². The SMILES string of the molecule is CC(C)c1ccc(C(=O)COC(=O)/C=C/c2ccc3c(c2)OCO3)cc1. The van der Waals surface area contributed by atoms with Gasteiger partial charge in [-0.2, -0.15) is 0 Å². The van der Waals surface area contributed by atoms with E-state index in [1.807, 2.05) is 12.1 Å². The second kappa shape index (κ2) is 7.87. The number of carbonyl (C=O) groups excluding carboxylic acids is 2. The maximum atomic E-state index is 12.1. The van der Waals surface area contributed by atoms with Crippen LogP contribution in [-0.2, 0) is 9.53 Å². The molecule has 1 aliphatic rings. The van der Waals surface area contributed by atoms with E-state index in [9.17, 15) is 9.59 Å². The second-order valence-corrected chi connectivity index (χ2v) is 6.25. The van der Waals surface area contributed by atoms with Crippen molar-refractivity contribution in [2.45, 2.75) is 19.8 Å². The number of ketones is 1. The van der Waals surface area contributed by atoms with Crippen LogP contribution in [0.4, 0.5) is 0 Å². The minimum absolute atomic E-state index is 0.199. The molecular formula is C21H20O5. The summed E-state index contributed by atoms with van der Waals surface area (Å²) in [5.41, 5.74) is 2.47. The molecule has 0 amide bonds. The molecule has 5 nitrogen and oxygen atoms in total. The van der Waals surface area contributed by atoms with Gasteiger partial charge in [-0.1, -0.05) is 44.2 Å². The number of rotatable bonds is 6. The van der Waals surface area contributed by atoms with Crippen molar-refractivity contribution in [2.75, 3.05) is 13.4 Å². The summed E-state index contributed by atoms with van der Waals surface area (Å²) in [6.45, 7) is 4.09. The Kier molecular flexibility index (Phi) is 5.37. The highest BCUT2D eigenvalue weighted by Gasteiger charge is 2.13. The van der Waals surface area contributed by atoms with Gasteiger partial charge in [0.25, 0.3) is 0 Å². The Morgan fingerprint density at radius 3 is 2.54 bits per heavy atom. The van der Waals surface area contributed by atoms with Gasteiger partial charge in [0.2, 0.25) is 6.79 Å². The first-order valence-electron chi connectivity index (χ1n) is 8.40. The summed E-state index contributed by atoms with van der Waals surface area (Å²) in [7, 11) is 0. The first kappa shape index (κ1) is 17.7. The highest BCUT2D eigenvalue weighted by atomic mass is 16.7. The smallest absolute Gasteiger partial charge is 0.331 e. The first-order valence-corrected chi connectivity index (χ1v) is 8.40. The van der Waals surface area contributed by atoms with E-state index in [0.717, 1.165) is 11.1 Å². The van der Waals surface area contributed by atoms with Crippen LogP contribution in [0.15, 0.2) is 48.5 Å². The Bertz CT molecular complexity index is 834. The third-order valence-corrected chi connectivity index (χ3v) is 4.05. The van der Waals surface area contributed by atoms with Crippen LogP contribution in [0, 0.1) is 0 Å². The summed E-state index contributed by atoms with van der Waals surface area (Å²) in [4.78, 5) is 23.9. The Labute approximate surface area is 152 Å². The van der Waals surface area contributed by atoms with Gasteiger partial charge in [-0.25, -0.2) is 4.79 Å². The lowest BCUT2D eigenvalue weighted by Crippen LogP contribution is -2.12. The fraction of sp³-hybridized carbons (Fsp3) is 0.238. The molecule has 3 rings (SSSR count). The molecule has 134 valence electrons. The number of hydrogen-bond donors (Lipinski definition) is 0. The average molecular weight is 352 g/mol. The third-order valence-electron chi connectivity index (χ3n) is 4.05. The van der Waals surface area contributed by atoms with Gasteiger partial charge in [0.1, 0.15) is 0 Å². The van der Waals surface area contributed by atoms with Crippen LogP contribution in [-0.4, -0.2) is 25.2 Å². The van der Waals surface area contributed by atoms with E-state index in [1.54, 1.807) is 36.4 Å². The monoisotopic (exact) mass is 352 g/mol. The zero-order valence-corrected chi connectivity index (χ0v) is 14.7. The van der Waals surface area contributed by atoms with Crippen LogP contribution in [0.3, 0.4) is 0 Å². The molecule has 5 heteroatoms. The fourth-order valence-electron chi connectivity index (χ4n) is 2.50. The van der Waals surface area contributed by atoms with E-state index in [-0.39, 0.29) is 19.2 Å². The summed E-state index contributed by atoms with van der Waals surface area (Å²) in [6.07, 6.45) is 2.89. The van der Waals surface area contributed by atoms with Crippen molar-refractivity contribution in [2.24, 2.45) is 0 Å². The number of carbonyl (C=O) groups is 2. The topological polar surface area (TPSA) is 61.8 Å². The minimum atomic E-state index is -0.574. The van der Waals surface area contributed by atoms with Crippen molar-refractivity contribution in [1.29, 1.82) is 0 Å². The summed E-state index contributed by atoms with van der Waals surface area (Å²) in [6, 6.07) is 12.7. The highest BCUT2D eigenvalue weighted by Crippen LogP contribution is 2.32. The lowest BCUT2D eigenvalue weighted by Gasteiger charge is -2.06. The summed E-state index contributed by atoms with van der Waals surface area (Å²) in [5, 5.41) is 0. The van der Waals surface area contributed by atoms with Gasteiger partial charge < -0.3 is 14.2 Å². The molecule has 0 fully saturated rings. The number of fused-ring (bicyclic) bond motifs is 1. The van der Waals surface area contributed by atoms with E-state index >= 15 is 0 Å². The summed E-state index contributed by atoms with van der Waals surface area (Å²) < 4.78 is 15.5. The molecule has 0 unspecified atom stereocenters. The molecular weight excluding hydrogens is 332 g/mol. The van der Waals surface area contributed by atoms with Gasteiger partial charge in [-0.15, -0.1) is 0 Å². The number of benzene rings is 2. The van der Waals surface area contributed by atoms with Crippen LogP contribution in [0.1, 0.15) is 41.3 Å². The van der Waals surface area contributed by atoms with Crippen LogP contribution in [0.5, 0.6) is 11.5 Å². The maximum Gasteiger partial charge on any atom is 0.331 e. The number of ether oxygens (including phenoxy) is 3. The van der Waals surface area contributed by atoms with E-state index in [2.05, 4.69) is 13.8 Å². The first-order chi connectivity index (χ1) is 12.5. The molecule has 26 heavy (non-hydrogen) atoms. The fourth-order valence-corrected chi connectivity index (χ4v) is 2.50. The molecule has 0 atom stereocenters. The predicted molar refractivity (Wildman–Crippen MR) is 97.4 cm³/mol. The van der Waals surface area contributed by atoms with Crippen LogP contribution in [0.25, 0.3) is 6.08 Å². The molecule has 0 aliphatic carbocycles. The molecule has 0 radical (unpaired) electrons. The molecule has 0 N–H and O–H groups in total. The summed E-state index contributed by atoms with van der Waals surface area (Å²) >= 11 is 0. The average Bonchev–Trinajstić information content (AvgIpc) is 3.12. The Morgan fingerprint density at radius 2 is 1.81 bits per heavy atom. The maximum absolute atomic E-state index is 12.1. The lowest BCUT2D eigenvalue weighted by atomic mass is 10.0. The van der Waals surface area contributed by atoms with Crippen LogP contribution >= 0.6 is 0 Å². The molecule has 1 aliphatic heterocycles. The third kappa shape index (κ3) is 4.30. The largest absolute Gasteiger partial charge is 0.454 e. The van der Waals surface area contributed by atoms with Gasteiger partial charge in [0.05, 0.1) is 0 Å². The van der Waals surface area contributed by atoms with Crippen molar-refractivity contribution in [3.05, 3.63) is 65.2 Å². The van der Waals surface area contributed by atoms with E-state index in [4.69, 9.17) is 14.2 Å².